The van der Waals surface area contributed by atoms with Gasteiger partial charge in [0.25, 0.3) is 5.91 Å². The summed E-state index contributed by atoms with van der Waals surface area (Å²) in [5.74, 6) is 0.215. The normalized spacial score (nSPS) is 11.8. The van der Waals surface area contributed by atoms with Gasteiger partial charge in [0.2, 0.25) is 5.88 Å². The lowest BCUT2D eigenvalue weighted by atomic mass is 10.0. The predicted molar refractivity (Wildman–Crippen MR) is 147 cm³/mol. The number of rotatable bonds is 9. The highest BCUT2D eigenvalue weighted by atomic mass is 16.5. The van der Waals surface area contributed by atoms with Gasteiger partial charge in [-0.15, -0.1) is 0 Å². The molecule has 6 heteroatoms. The van der Waals surface area contributed by atoms with Gasteiger partial charge in [-0.25, -0.2) is 4.68 Å². The van der Waals surface area contributed by atoms with Gasteiger partial charge in [0.05, 0.1) is 16.8 Å². The summed E-state index contributed by atoms with van der Waals surface area (Å²) in [6.07, 6.45) is 1.76. The van der Waals surface area contributed by atoms with Crippen molar-refractivity contribution in [2.24, 2.45) is 0 Å². The Hall–Kier alpha value is -4.45. The smallest absolute Gasteiger partial charge is 0.258 e. The van der Waals surface area contributed by atoms with Gasteiger partial charge < -0.3 is 10.1 Å². The number of fused-ring (bicyclic) bond motifs is 1. The number of hydrogen-bond acceptors (Lipinski definition) is 4. The molecule has 37 heavy (non-hydrogen) atoms. The van der Waals surface area contributed by atoms with Crippen LogP contribution in [0.2, 0.25) is 0 Å². The lowest BCUT2D eigenvalue weighted by Crippen LogP contribution is -2.36. The number of carbonyl (C=O) groups is 1. The molecule has 0 aliphatic carbocycles. The second kappa shape index (κ2) is 11.1. The van der Waals surface area contributed by atoms with E-state index in [4.69, 9.17) is 14.8 Å². The lowest BCUT2D eigenvalue weighted by molar-refractivity contribution is -0.123. The van der Waals surface area contributed by atoms with Crippen LogP contribution in [0.5, 0.6) is 5.88 Å². The van der Waals surface area contributed by atoms with E-state index in [9.17, 15) is 4.79 Å². The van der Waals surface area contributed by atoms with Gasteiger partial charge >= 0.3 is 0 Å². The largest absolute Gasteiger partial charge is 0.467 e. The SMILES string of the molecule is Cc1nn(-c2ccccc2)c2nc(OCC(=O)N[C@@H](C)CCc3ccccc3)cc(-c3ccccc3)c12. The number of ether oxygens (including phenoxy) is 1. The summed E-state index contributed by atoms with van der Waals surface area (Å²) in [5.41, 5.74) is 5.75. The highest BCUT2D eigenvalue weighted by molar-refractivity contribution is 5.96. The molecule has 186 valence electrons. The molecule has 0 fully saturated rings. The molecule has 2 aromatic heterocycles. The molecular formula is C31H30N4O2. The second-order valence-electron chi connectivity index (χ2n) is 9.19. The van der Waals surface area contributed by atoms with Crippen LogP contribution in [0.4, 0.5) is 0 Å². The summed E-state index contributed by atoms with van der Waals surface area (Å²) in [7, 11) is 0. The Labute approximate surface area is 216 Å². The Morgan fingerprint density at radius 3 is 2.30 bits per heavy atom. The maximum absolute atomic E-state index is 12.7. The van der Waals surface area contributed by atoms with Crippen molar-refractivity contribution >= 4 is 16.9 Å². The van der Waals surface area contributed by atoms with Crippen LogP contribution in [0.25, 0.3) is 27.8 Å². The summed E-state index contributed by atoms with van der Waals surface area (Å²) in [6.45, 7) is 3.89. The molecule has 0 radical (unpaired) electrons. The fraction of sp³-hybridized carbons (Fsp3) is 0.194. The van der Waals surface area contributed by atoms with Crippen LogP contribution >= 0.6 is 0 Å². The Morgan fingerprint density at radius 2 is 1.59 bits per heavy atom. The molecule has 0 unspecified atom stereocenters. The molecular weight excluding hydrogens is 460 g/mol. The molecule has 1 amide bonds. The zero-order valence-corrected chi connectivity index (χ0v) is 21.1. The Morgan fingerprint density at radius 1 is 0.946 bits per heavy atom. The molecule has 1 atom stereocenters. The zero-order valence-electron chi connectivity index (χ0n) is 21.1. The average Bonchev–Trinajstić information content (AvgIpc) is 3.28. The van der Waals surface area contributed by atoms with E-state index in [2.05, 4.69) is 29.6 Å². The fourth-order valence-electron chi connectivity index (χ4n) is 4.49. The Bertz CT molecular complexity index is 1480. The van der Waals surface area contributed by atoms with Gasteiger partial charge in [0.1, 0.15) is 0 Å². The molecule has 0 aliphatic heterocycles. The number of benzene rings is 3. The maximum atomic E-state index is 12.7. The van der Waals surface area contributed by atoms with E-state index in [0.717, 1.165) is 40.7 Å². The van der Waals surface area contributed by atoms with Crippen molar-refractivity contribution in [1.82, 2.24) is 20.1 Å². The van der Waals surface area contributed by atoms with Crippen molar-refractivity contribution in [3.8, 4) is 22.7 Å². The number of pyridine rings is 1. The number of nitrogens with one attached hydrogen (secondary N) is 1. The summed E-state index contributed by atoms with van der Waals surface area (Å²) >= 11 is 0. The van der Waals surface area contributed by atoms with Crippen molar-refractivity contribution in [2.45, 2.75) is 32.7 Å². The summed E-state index contributed by atoms with van der Waals surface area (Å²) in [5, 5.41) is 8.78. The minimum Gasteiger partial charge on any atom is -0.467 e. The second-order valence-corrected chi connectivity index (χ2v) is 9.19. The van der Waals surface area contributed by atoms with E-state index in [0.29, 0.717) is 11.5 Å². The van der Waals surface area contributed by atoms with Crippen molar-refractivity contribution in [3.05, 3.63) is 108 Å². The lowest BCUT2D eigenvalue weighted by Gasteiger charge is -2.15. The van der Waals surface area contributed by atoms with Crippen molar-refractivity contribution in [2.75, 3.05) is 6.61 Å². The molecule has 3 aromatic carbocycles. The molecule has 0 saturated carbocycles. The first-order valence-corrected chi connectivity index (χ1v) is 12.6. The van der Waals surface area contributed by atoms with Gasteiger partial charge in [-0.1, -0.05) is 78.9 Å². The van der Waals surface area contributed by atoms with E-state index < -0.39 is 0 Å². The minimum absolute atomic E-state index is 0.0359. The monoisotopic (exact) mass is 490 g/mol. The van der Waals surface area contributed by atoms with Crippen LogP contribution < -0.4 is 10.1 Å². The topological polar surface area (TPSA) is 69.0 Å². The summed E-state index contributed by atoms with van der Waals surface area (Å²) in [6, 6.07) is 32.2. The standard InChI is InChI=1S/C31H30N4O2/c1-22(18-19-24-12-6-3-7-13-24)32-28(36)21-37-29-20-27(25-14-8-4-9-15-25)30-23(2)34-35(31(30)33-29)26-16-10-5-11-17-26/h3-17,20,22H,18-19,21H2,1-2H3,(H,32,36)/t22-/m0/s1. The van der Waals surface area contributed by atoms with Gasteiger partial charge in [0, 0.05) is 12.1 Å². The van der Waals surface area contributed by atoms with Crippen LogP contribution in [0.3, 0.4) is 0 Å². The number of aromatic nitrogens is 3. The molecule has 0 aliphatic rings. The third kappa shape index (κ3) is 5.70. The number of para-hydroxylation sites is 1. The third-order valence-electron chi connectivity index (χ3n) is 6.34. The molecule has 5 aromatic rings. The third-order valence-corrected chi connectivity index (χ3v) is 6.34. The van der Waals surface area contributed by atoms with Gasteiger partial charge in [0.15, 0.2) is 12.3 Å². The van der Waals surface area contributed by atoms with E-state index in [-0.39, 0.29) is 18.6 Å². The van der Waals surface area contributed by atoms with E-state index in [1.54, 1.807) is 0 Å². The van der Waals surface area contributed by atoms with Crippen molar-refractivity contribution in [1.29, 1.82) is 0 Å². The van der Waals surface area contributed by atoms with E-state index in [1.165, 1.54) is 5.56 Å². The zero-order chi connectivity index (χ0) is 25.6. The molecule has 0 bridgehead atoms. The van der Waals surface area contributed by atoms with Gasteiger partial charge in [-0.3, -0.25) is 4.79 Å². The van der Waals surface area contributed by atoms with E-state index >= 15 is 0 Å². The minimum atomic E-state index is -0.170. The van der Waals surface area contributed by atoms with Crippen molar-refractivity contribution < 1.29 is 9.53 Å². The molecule has 1 N–H and O–H groups in total. The highest BCUT2D eigenvalue weighted by Crippen LogP contribution is 2.34. The van der Waals surface area contributed by atoms with Crippen LogP contribution in [0.1, 0.15) is 24.6 Å². The fourth-order valence-corrected chi connectivity index (χ4v) is 4.49. The molecule has 5 rings (SSSR count). The van der Waals surface area contributed by atoms with Crippen LogP contribution in [-0.4, -0.2) is 33.3 Å². The van der Waals surface area contributed by atoms with Crippen LogP contribution in [0.15, 0.2) is 97.1 Å². The molecule has 0 saturated heterocycles. The Balaban J connectivity index is 1.37. The number of aryl methyl sites for hydroxylation is 2. The quantitative estimate of drug-likeness (QED) is 0.279. The molecule has 0 spiro atoms. The highest BCUT2D eigenvalue weighted by Gasteiger charge is 2.18. The first kappa shape index (κ1) is 24.3. The van der Waals surface area contributed by atoms with Gasteiger partial charge in [-0.05, 0) is 55.5 Å². The predicted octanol–water partition coefficient (Wildman–Crippen LogP) is 5.91. The molecule has 2 heterocycles. The summed E-state index contributed by atoms with van der Waals surface area (Å²) < 4.78 is 7.77. The van der Waals surface area contributed by atoms with Crippen LogP contribution in [-0.2, 0) is 11.2 Å². The number of nitrogens with zero attached hydrogens (tertiary/aromatic N) is 3. The van der Waals surface area contributed by atoms with Crippen molar-refractivity contribution in [3.63, 3.8) is 0 Å². The Kier molecular flexibility index (Phi) is 7.26. The van der Waals surface area contributed by atoms with Gasteiger partial charge in [-0.2, -0.15) is 10.1 Å². The first-order chi connectivity index (χ1) is 18.1. The maximum Gasteiger partial charge on any atom is 0.258 e. The first-order valence-electron chi connectivity index (χ1n) is 12.6. The number of amides is 1. The number of hydrogen-bond donors (Lipinski definition) is 1. The molecule has 6 nitrogen and oxygen atoms in total. The summed E-state index contributed by atoms with van der Waals surface area (Å²) in [4.78, 5) is 17.5. The number of carbonyl (C=O) groups excluding carboxylic acids is 1. The average molecular weight is 491 g/mol. The van der Waals surface area contributed by atoms with E-state index in [1.807, 2.05) is 91.3 Å². The van der Waals surface area contributed by atoms with Crippen LogP contribution in [0, 0.1) is 6.92 Å².